The van der Waals surface area contributed by atoms with Crippen LogP contribution < -0.4 is 10.5 Å². The van der Waals surface area contributed by atoms with Crippen LogP contribution in [0.4, 0.5) is 5.69 Å². The van der Waals surface area contributed by atoms with Crippen LogP contribution in [0.3, 0.4) is 0 Å². The maximum absolute atomic E-state index is 5.80. The number of ether oxygens (including phenoxy) is 1. The first-order valence-electron chi connectivity index (χ1n) is 5.70. The number of hydrogen-bond acceptors (Lipinski definition) is 2. The molecule has 0 spiro atoms. The highest BCUT2D eigenvalue weighted by Gasteiger charge is 2.02. The van der Waals surface area contributed by atoms with E-state index in [4.69, 9.17) is 10.5 Å². The summed E-state index contributed by atoms with van der Waals surface area (Å²) in [5, 5.41) is 0. The van der Waals surface area contributed by atoms with E-state index >= 15 is 0 Å². The molecule has 0 aliphatic carbocycles. The molecule has 2 rings (SSSR count). The van der Waals surface area contributed by atoms with Crippen LogP contribution in [0.1, 0.15) is 16.7 Å². The molecule has 2 heteroatoms. The number of anilines is 1. The molecule has 0 fully saturated rings. The molecule has 0 radical (unpaired) electrons. The highest BCUT2D eigenvalue weighted by molar-refractivity contribution is 5.48. The molecule has 17 heavy (non-hydrogen) atoms. The lowest BCUT2D eigenvalue weighted by molar-refractivity contribution is 0.303. The molecule has 0 bridgehead atoms. The monoisotopic (exact) mass is 227 g/mol. The zero-order chi connectivity index (χ0) is 12.3. The lowest BCUT2D eigenvalue weighted by Crippen LogP contribution is -1.99. The van der Waals surface area contributed by atoms with E-state index in [0.29, 0.717) is 6.61 Å². The lowest BCUT2D eigenvalue weighted by atomic mass is 10.1. The third kappa shape index (κ3) is 2.78. The minimum atomic E-state index is 0.580. The van der Waals surface area contributed by atoms with Crippen LogP contribution in [0, 0.1) is 13.8 Å². The van der Waals surface area contributed by atoms with Gasteiger partial charge >= 0.3 is 0 Å². The first-order chi connectivity index (χ1) is 8.16. The van der Waals surface area contributed by atoms with E-state index in [1.807, 2.05) is 37.3 Å². The second kappa shape index (κ2) is 4.91. The molecule has 0 atom stereocenters. The van der Waals surface area contributed by atoms with E-state index in [2.05, 4.69) is 19.1 Å². The van der Waals surface area contributed by atoms with Crippen LogP contribution in [0.5, 0.6) is 5.75 Å². The molecule has 2 aromatic rings. The minimum absolute atomic E-state index is 0.580. The number of rotatable bonds is 3. The smallest absolute Gasteiger partial charge is 0.124 e. The fraction of sp³-hybridized carbons (Fsp3) is 0.200. The maximum atomic E-state index is 5.80. The van der Waals surface area contributed by atoms with Gasteiger partial charge in [0.2, 0.25) is 0 Å². The molecule has 0 aliphatic heterocycles. The van der Waals surface area contributed by atoms with Crippen molar-refractivity contribution < 1.29 is 4.74 Å². The van der Waals surface area contributed by atoms with E-state index in [0.717, 1.165) is 17.0 Å². The van der Waals surface area contributed by atoms with Crippen molar-refractivity contribution in [2.75, 3.05) is 5.73 Å². The van der Waals surface area contributed by atoms with Crippen LogP contribution in [-0.4, -0.2) is 0 Å². The van der Waals surface area contributed by atoms with Gasteiger partial charge in [0.1, 0.15) is 12.4 Å². The van der Waals surface area contributed by atoms with Gasteiger partial charge in [0.15, 0.2) is 0 Å². The van der Waals surface area contributed by atoms with Gasteiger partial charge < -0.3 is 10.5 Å². The highest BCUT2D eigenvalue weighted by atomic mass is 16.5. The fourth-order valence-corrected chi connectivity index (χ4v) is 1.70. The Balaban J connectivity index is 2.12. The summed E-state index contributed by atoms with van der Waals surface area (Å²) in [6, 6.07) is 14.0. The van der Waals surface area contributed by atoms with Gasteiger partial charge in [-0.15, -0.1) is 0 Å². The molecule has 0 aromatic heterocycles. The number of hydrogen-bond donors (Lipinski definition) is 1. The van der Waals surface area contributed by atoms with Crippen molar-refractivity contribution in [3.63, 3.8) is 0 Å². The second-order valence-electron chi connectivity index (χ2n) is 4.24. The zero-order valence-electron chi connectivity index (χ0n) is 10.2. The van der Waals surface area contributed by atoms with Crippen LogP contribution >= 0.6 is 0 Å². The molecule has 0 heterocycles. The normalized spacial score (nSPS) is 10.2. The van der Waals surface area contributed by atoms with Crippen LogP contribution in [0.2, 0.25) is 0 Å². The van der Waals surface area contributed by atoms with E-state index in [1.165, 1.54) is 11.1 Å². The molecule has 2 N–H and O–H groups in total. The largest absolute Gasteiger partial charge is 0.489 e. The third-order valence-electron chi connectivity index (χ3n) is 2.86. The number of nitrogens with two attached hydrogens (primary N) is 1. The van der Waals surface area contributed by atoms with Crippen molar-refractivity contribution in [2.45, 2.75) is 20.5 Å². The van der Waals surface area contributed by atoms with Gasteiger partial charge in [0.05, 0.1) is 0 Å². The first-order valence-corrected chi connectivity index (χ1v) is 5.70. The molecular formula is C15H17NO. The molecule has 0 saturated carbocycles. The third-order valence-corrected chi connectivity index (χ3v) is 2.86. The summed E-state index contributed by atoms with van der Waals surface area (Å²) in [6.07, 6.45) is 0. The van der Waals surface area contributed by atoms with Gasteiger partial charge in [-0.25, -0.2) is 0 Å². The summed E-state index contributed by atoms with van der Waals surface area (Å²) in [4.78, 5) is 0. The first kappa shape index (κ1) is 11.5. The molecule has 0 saturated heterocycles. The standard InChI is InChI=1S/C15H17NO/c1-11-5-3-4-6-13(11)10-17-15-9-14(16)8-7-12(15)2/h3-9H,10,16H2,1-2H3. The summed E-state index contributed by atoms with van der Waals surface area (Å²) in [5.74, 6) is 0.855. The van der Waals surface area contributed by atoms with Crippen LogP contribution in [-0.2, 0) is 6.61 Å². The number of aryl methyl sites for hydroxylation is 2. The van der Waals surface area contributed by atoms with Crippen LogP contribution in [0.25, 0.3) is 0 Å². The number of nitrogen functional groups attached to an aromatic ring is 1. The Bertz CT molecular complexity index is 520. The Hall–Kier alpha value is -1.96. The molecule has 0 aliphatic rings. The summed E-state index contributed by atoms with van der Waals surface area (Å²) in [7, 11) is 0. The molecule has 88 valence electrons. The summed E-state index contributed by atoms with van der Waals surface area (Å²) in [6.45, 7) is 4.69. The SMILES string of the molecule is Cc1ccccc1COc1cc(N)ccc1C. The summed E-state index contributed by atoms with van der Waals surface area (Å²) >= 11 is 0. The lowest BCUT2D eigenvalue weighted by Gasteiger charge is -2.11. The maximum Gasteiger partial charge on any atom is 0.124 e. The Morgan fingerprint density at radius 1 is 1.00 bits per heavy atom. The Labute approximate surface area is 102 Å². The van der Waals surface area contributed by atoms with E-state index in [9.17, 15) is 0 Å². The summed E-state index contributed by atoms with van der Waals surface area (Å²) < 4.78 is 5.80. The van der Waals surface area contributed by atoms with Crippen molar-refractivity contribution in [1.29, 1.82) is 0 Å². The Morgan fingerprint density at radius 3 is 2.53 bits per heavy atom. The highest BCUT2D eigenvalue weighted by Crippen LogP contribution is 2.22. The van der Waals surface area contributed by atoms with Crippen LogP contribution in [0.15, 0.2) is 42.5 Å². The Morgan fingerprint density at radius 2 is 1.76 bits per heavy atom. The van der Waals surface area contributed by atoms with Crippen molar-refractivity contribution in [3.05, 3.63) is 59.2 Å². The van der Waals surface area contributed by atoms with Crippen molar-refractivity contribution in [2.24, 2.45) is 0 Å². The van der Waals surface area contributed by atoms with E-state index in [-0.39, 0.29) is 0 Å². The van der Waals surface area contributed by atoms with Gasteiger partial charge in [0.25, 0.3) is 0 Å². The molecular weight excluding hydrogens is 210 g/mol. The molecule has 2 aromatic carbocycles. The molecule has 0 amide bonds. The van der Waals surface area contributed by atoms with Crippen molar-refractivity contribution in [1.82, 2.24) is 0 Å². The minimum Gasteiger partial charge on any atom is -0.489 e. The average Bonchev–Trinajstić information content (AvgIpc) is 2.32. The molecule has 2 nitrogen and oxygen atoms in total. The second-order valence-corrected chi connectivity index (χ2v) is 4.24. The predicted molar refractivity (Wildman–Crippen MR) is 71.1 cm³/mol. The zero-order valence-corrected chi connectivity index (χ0v) is 10.2. The topological polar surface area (TPSA) is 35.2 Å². The van der Waals surface area contributed by atoms with Crippen molar-refractivity contribution >= 4 is 5.69 Å². The van der Waals surface area contributed by atoms with E-state index < -0.39 is 0 Å². The Kier molecular flexibility index (Phi) is 3.33. The van der Waals surface area contributed by atoms with Crippen molar-refractivity contribution in [3.8, 4) is 5.75 Å². The van der Waals surface area contributed by atoms with Gasteiger partial charge in [-0.05, 0) is 36.6 Å². The van der Waals surface area contributed by atoms with Gasteiger partial charge in [0, 0.05) is 11.8 Å². The van der Waals surface area contributed by atoms with Gasteiger partial charge in [-0.2, -0.15) is 0 Å². The van der Waals surface area contributed by atoms with E-state index in [1.54, 1.807) is 0 Å². The van der Waals surface area contributed by atoms with Gasteiger partial charge in [-0.3, -0.25) is 0 Å². The fourth-order valence-electron chi connectivity index (χ4n) is 1.70. The quantitative estimate of drug-likeness (QED) is 0.815. The predicted octanol–water partition coefficient (Wildman–Crippen LogP) is 3.46. The number of benzene rings is 2. The average molecular weight is 227 g/mol. The van der Waals surface area contributed by atoms with Gasteiger partial charge in [-0.1, -0.05) is 30.3 Å². The molecule has 0 unspecified atom stereocenters. The summed E-state index contributed by atoms with van der Waals surface area (Å²) in [5.41, 5.74) is 10.0.